The van der Waals surface area contributed by atoms with Crippen LogP contribution in [-0.4, -0.2) is 6.54 Å². The van der Waals surface area contributed by atoms with Crippen LogP contribution in [0.15, 0.2) is 12.1 Å². The molecule has 1 aliphatic heterocycles. The SMILES string of the molecule is Clc1cc(C2CCCCN2)cc(Cl)c1Cl. The van der Waals surface area contributed by atoms with Crippen molar-refractivity contribution in [3.05, 3.63) is 32.8 Å². The summed E-state index contributed by atoms with van der Waals surface area (Å²) in [5.41, 5.74) is 1.13. The second kappa shape index (κ2) is 4.92. The molecule has 1 saturated heterocycles. The smallest absolute Gasteiger partial charge is 0.0778 e. The number of halogens is 3. The lowest BCUT2D eigenvalue weighted by molar-refractivity contribution is 0.412. The predicted molar refractivity (Wildman–Crippen MR) is 66.1 cm³/mol. The summed E-state index contributed by atoms with van der Waals surface area (Å²) in [6.07, 6.45) is 3.62. The van der Waals surface area contributed by atoms with Gasteiger partial charge in [-0.1, -0.05) is 41.2 Å². The Morgan fingerprint density at radius 2 is 1.73 bits per heavy atom. The fraction of sp³-hybridized carbons (Fsp3) is 0.455. The molecule has 15 heavy (non-hydrogen) atoms. The van der Waals surface area contributed by atoms with Gasteiger partial charge in [-0.25, -0.2) is 0 Å². The first-order valence-electron chi connectivity index (χ1n) is 5.06. The number of hydrogen-bond donors (Lipinski definition) is 1. The molecule has 1 fully saturated rings. The van der Waals surface area contributed by atoms with E-state index in [1.807, 2.05) is 12.1 Å². The van der Waals surface area contributed by atoms with Gasteiger partial charge >= 0.3 is 0 Å². The van der Waals surface area contributed by atoms with E-state index in [9.17, 15) is 0 Å². The van der Waals surface area contributed by atoms with Gasteiger partial charge in [0.05, 0.1) is 15.1 Å². The number of nitrogens with one attached hydrogen (secondary N) is 1. The molecule has 1 aliphatic rings. The molecule has 1 atom stereocenters. The van der Waals surface area contributed by atoms with E-state index in [-0.39, 0.29) is 0 Å². The van der Waals surface area contributed by atoms with E-state index >= 15 is 0 Å². The summed E-state index contributed by atoms with van der Waals surface area (Å²) in [7, 11) is 0. The van der Waals surface area contributed by atoms with Crippen LogP contribution in [0.1, 0.15) is 30.9 Å². The summed E-state index contributed by atoms with van der Waals surface area (Å²) in [5, 5.41) is 4.96. The van der Waals surface area contributed by atoms with Crippen LogP contribution in [0.4, 0.5) is 0 Å². The zero-order valence-electron chi connectivity index (χ0n) is 8.19. The number of piperidine rings is 1. The summed E-state index contributed by atoms with van der Waals surface area (Å²) in [5.74, 6) is 0. The van der Waals surface area contributed by atoms with E-state index in [0.29, 0.717) is 21.1 Å². The summed E-state index contributed by atoms with van der Waals surface area (Å²) in [6.45, 7) is 1.06. The number of rotatable bonds is 1. The lowest BCUT2D eigenvalue weighted by atomic mass is 9.98. The van der Waals surface area contributed by atoms with Crippen LogP contribution in [-0.2, 0) is 0 Å². The largest absolute Gasteiger partial charge is 0.310 e. The van der Waals surface area contributed by atoms with Crippen LogP contribution in [0.2, 0.25) is 15.1 Å². The van der Waals surface area contributed by atoms with Crippen molar-refractivity contribution in [3.63, 3.8) is 0 Å². The minimum atomic E-state index is 0.367. The molecule has 0 aliphatic carbocycles. The van der Waals surface area contributed by atoms with E-state index in [0.717, 1.165) is 18.5 Å². The van der Waals surface area contributed by atoms with E-state index in [2.05, 4.69) is 5.32 Å². The zero-order valence-corrected chi connectivity index (χ0v) is 10.5. The third kappa shape index (κ3) is 2.59. The Bertz CT molecular complexity index is 336. The van der Waals surface area contributed by atoms with Gasteiger partial charge in [-0.15, -0.1) is 0 Å². The first-order valence-corrected chi connectivity index (χ1v) is 6.19. The first-order chi connectivity index (χ1) is 7.18. The fourth-order valence-corrected chi connectivity index (χ4v) is 2.53. The molecule has 1 N–H and O–H groups in total. The molecule has 0 bridgehead atoms. The van der Waals surface area contributed by atoms with Crippen molar-refractivity contribution in [2.24, 2.45) is 0 Å². The second-order valence-corrected chi connectivity index (χ2v) is 4.99. The molecule has 2 rings (SSSR count). The predicted octanol–water partition coefficient (Wildman–Crippen LogP) is 4.46. The molecule has 0 radical (unpaired) electrons. The Morgan fingerprint density at radius 3 is 2.27 bits per heavy atom. The van der Waals surface area contributed by atoms with Gasteiger partial charge in [0.25, 0.3) is 0 Å². The molecule has 0 saturated carbocycles. The zero-order chi connectivity index (χ0) is 10.8. The standard InChI is InChI=1S/C11H12Cl3N/c12-8-5-7(6-9(13)11(8)14)10-3-1-2-4-15-10/h5-6,10,15H,1-4H2. The van der Waals surface area contributed by atoms with Gasteiger partial charge in [-0.3, -0.25) is 0 Å². The highest BCUT2D eigenvalue weighted by atomic mass is 35.5. The molecular weight excluding hydrogens is 252 g/mol. The third-order valence-corrected chi connectivity index (χ3v) is 3.92. The molecule has 1 nitrogen and oxygen atoms in total. The molecule has 0 spiro atoms. The normalized spacial score (nSPS) is 21.7. The Balaban J connectivity index is 2.27. The molecule has 82 valence electrons. The van der Waals surface area contributed by atoms with E-state index < -0.39 is 0 Å². The van der Waals surface area contributed by atoms with Gasteiger partial charge in [0.1, 0.15) is 0 Å². The van der Waals surface area contributed by atoms with E-state index in [1.54, 1.807) is 0 Å². The Hall–Kier alpha value is 0.0500. The number of hydrogen-bond acceptors (Lipinski definition) is 1. The van der Waals surface area contributed by atoms with Crippen molar-refractivity contribution in [2.75, 3.05) is 6.54 Å². The number of benzene rings is 1. The molecule has 1 aromatic carbocycles. The Kier molecular flexibility index (Phi) is 3.78. The minimum absolute atomic E-state index is 0.367. The molecule has 1 unspecified atom stereocenters. The maximum absolute atomic E-state index is 5.99. The molecule has 0 amide bonds. The minimum Gasteiger partial charge on any atom is -0.310 e. The Labute approximate surface area is 105 Å². The molecule has 4 heteroatoms. The second-order valence-electron chi connectivity index (χ2n) is 3.80. The van der Waals surface area contributed by atoms with Crippen molar-refractivity contribution < 1.29 is 0 Å². The topological polar surface area (TPSA) is 12.0 Å². The first kappa shape index (κ1) is 11.5. The van der Waals surface area contributed by atoms with Crippen molar-refractivity contribution >= 4 is 34.8 Å². The lowest BCUT2D eigenvalue weighted by Gasteiger charge is -2.24. The van der Waals surface area contributed by atoms with Crippen molar-refractivity contribution in [3.8, 4) is 0 Å². The maximum Gasteiger partial charge on any atom is 0.0778 e. The van der Waals surface area contributed by atoms with Crippen molar-refractivity contribution in [2.45, 2.75) is 25.3 Å². The van der Waals surface area contributed by atoms with Crippen molar-refractivity contribution in [1.29, 1.82) is 0 Å². The van der Waals surface area contributed by atoms with Gasteiger partial charge in [-0.2, -0.15) is 0 Å². The van der Waals surface area contributed by atoms with Gasteiger partial charge in [0.15, 0.2) is 0 Å². The molecular formula is C11H12Cl3N. The molecule has 0 aromatic heterocycles. The van der Waals surface area contributed by atoms with Crippen LogP contribution >= 0.6 is 34.8 Å². The van der Waals surface area contributed by atoms with Gasteiger partial charge in [0, 0.05) is 6.04 Å². The van der Waals surface area contributed by atoms with E-state index in [1.165, 1.54) is 12.8 Å². The summed E-state index contributed by atoms with van der Waals surface area (Å²) in [6, 6.07) is 4.17. The van der Waals surface area contributed by atoms with Gasteiger partial charge in [-0.05, 0) is 37.1 Å². The third-order valence-electron chi connectivity index (χ3n) is 2.72. The average Bonchev–Trinajstić information content (AvgIpc) is 2.26. The highest BCUT2D eigenvalue weighted by molar-refractivity contribution is 6.48. The fourth-order valence-electron chi connectivity index (χ4n) is 1.91. The monoisotopic (exact) mass is 263 g/mol. The average molecular weight is 265 g/mol. The quantitative estimate of drug-likeness (QED) is 0.738. The Morgan fingerprint density at radius 1 is 1.07 bits per heavy atom. The van der Waals surface area contributed by atoms with Gasteiger partial charge in [0.2, 0.25) is 0 Å². The highest BCUT2D eigenvalue weighted by Crippen LogP contribution is 2.34. The summed E-state index contributed by atoms with van der Waals surface area (Å²) in [4.78, 5) is 0. The van der Waals surface area contributed by atoms with E-state index in [4.69, 9.17) is 34.8 Å². The van der Waals surface area contributed by atoms with Crippen LogP contribution < -0.4 is 5.32 Å². The summed E-state index contributed by atoms with van der Waals surface area (Å²) < 4.78 is 0. The molecule has 1 heterocycles. The highest BCUT2D eigenvalue weighted by Gasteiger charge is 2.16. The molecule has 1 aromatic rings. The van der Waals surface area contributed by atoms with Crippen LogP contribution in [0.25, 0.3) is 0 Å². The van der Waals surface area contributed by atoms with Gasteiger partial charge < -0.3 is 5.32 Å². The van der Waals surface area contributed by atoms with Crippen molar-refractivity contribution in [1.82, 2.24) is 5.32 Å². The van der Waals surface area contributed by atoms with Crippen LogP contribution in [0, 0.1) is 0 Å². The maximum atomic E-state index is 5.99. The summed E-state index contributed by atoms with van der Waals surface area (Å²) >= 11 is 17.9. The van der Waals surface area contributed by atoms with Crippen LogP contribution in [0.3, 0.4) is 0 Å². The van der Waals surface area contributed by atoms with Crippen LogP contribution in [0.5, 0.6) is 0 Å². The lowest BCUT2D eigenvalue weighted by Crippen LogP contribution is -2.26.